The van der Waals surface area contributed by atoms with Gasteiger partial charge in [-0.15, -0.1) is 0 Å². The molecular formula is C12H25N3O2S. The topological polar surface area (TPSA) is 52.7 Å². The Morgan fingerprint density at radius 1 is 1.17 bits per heavy atom. The van der Waals surface area contributed by atoms with Crippen LogP contribution < -0.4 is 5.32 Å². The summed E-state index contributed by atoms with van der Waals surface area (Å²) >= 11 is 0. The van der Waals surface area contributed by atoms with Gasteiger partial charge in [-0.05, 0) is 38.3 Å². The Bertz CT molecular complexity index is 350. The average Bonchev–Trinajstić information content (AvgIpc) is 2.57. The molecule has 1 atom stereocenters. The number of rotatable bonds is 3. The summed E-state index contributed by atoms with van der Waals surface area (Å²) < 4.78 is 24.8. The maximum atomic E-state index is 11.6. The van der Waals surface area contributed by atoms with E-state index in [1.54, 1.807) is 4.31 Å². The first-order chi connectivity index (χ1) is 8.55. The minimum absolute atomic E-state index is 0.506. The molecule has 0 spiro atoms. The van der Waals surface area contributed by atoms with Gasteiger partial charge in [0.1, 0.15) is 0 Å². The van der Waals surface area contributed by atoms with Gasteiger partial charge in [0.2, 0.25) is 10.0 Å². The van der Waals surface area contributed by atoms with Crippen LogP contribution in [0.25, 0.3) is 0 Å². The van der Waals surface area contributed by atoms with Crippen LogP contribution in [0.3, 0.4) is 0 Å². The first-order valence-electron chi connectivity index (χ1n) is 6.94. The van der Waals surface area contributed by atoms with Gasteiger partial charge in [-0.25, -0.2) is 12.7 Å². The van der Waals surface area contributed by atoms with Gasteiger partial charge in [0.05, 0.1) is 6.26 Å². The van der Waals surface area contributed by atoms with E-state index in [1.165, 1.54) is 12.7 Å². The summed E-state index contributed by atoms with van der Waals surface area (Å²) in [5, 5.41) is 3.40. The molecule has 6 heteroatoms. The van der Waals surface area contributed by atoms with Crippen molar-refractivity contribution in [2.24, 2.45) is 5.92 Å². The van der Waals surface area contributed by atoms with E-state index in [4.69, 9.17) is 0 Å². The molecule has 2 saturated heterocycles. The van der Waals surface area contributed by atoms with Gasteiger partial charge in [0.15, 0.2) is 0 Å². The monoisotopic (exact) mass is 275 g/mol. The van der Waals surface area contributed by atoms with Crippen LogP contribution in [0.15, 0.2) is 0 Å². The fourth-order valence-electron chi connectivity index (χ4n) is 2.93. The molecule has 2 aliphatic rings. The van der Waals surface area contributed by atoms with Crippen molar-refractivity contribution < 1.29 is 8.42 Å². The first-order valence-corrected chi connectivity index (χ1v) is 8.79. The quantitative estimate of drug-likeness (QED) is 0.785. The normalized spacial score (nSPS) is 29.1. The molecule has 0 saturated carbocycles. The molecule has 1 N–H and O–H groups in total. The van der Waals surface area contributed by atoms with Gasteiger partial charge in [0.25, 0.3) is 0 Å². The number of hydrogen-bond acceptors (Lipinski definition) is 4. The number of piperidine rings is 1. The predicted molar refractivity (Wildman–Crippen MR) is 73.1 cm³/mol. The molecule has 0 aromatic heterocycles. The van der Waals surface area contributed by atoms with Gasteiger partial charge in [-0.2, -0.15) is 0 Å². The highest BCUT2D eigenvalue weighted by atomic mass is 32.2. The largest absolute Gasteiger partial charge is 0.315 e. The highest BCUT2D eigenvalue weighted by molar-refractivity contribution is 7.88. The number of hydrogen-bond donors (Lipinski definition) is 1. The van der Waals surface area contributed by atoms with Crippen LogP contribution in [0.4, 0.5) is 0 Å². The summed E-state index contributed by atoms with van der Waals surface area (Å²) in [5.41, 5.74) is 0. The highest BCUT2D eigenvalue weighted by Gasteiger charge is 2.27. The van der Waals surface area contributed by atoms with E-state index in [0.717, 1.165) is 45.6 Å². The van der Waals surface area contributed by atoms with E-state index >= 15 is 0 Å². The van der Waals surface area contributed by atoms with E-state index in [9.17, 15) is 8.42 Å². The third-order valence-corrected chi connectivity index (χ3v) is 5.17. The van der Waals surface area contributed by atoms with Crippen LogP contribution in [0, 0.1) is 5.92 Å². The van der Waals surface area contributed by atoms with Crippen LogP contribution >= 0.6 is 0 Å². The maximum Gasteiger partial charge on any atom is 0.211 e. The summed E-state index contributed by atoms with van der Waals surface area (Å²) in [5.74, 6) is 0.506. The van der Waals surface area contributed by atoms with Crippen molar-refractivity contribution >= 4 is 10.0 Å². The predicted octanol–water partition coefficient (Wildman–Crippen LogP) is -0.0467. The number of nitrogens with zero attached hydrogens (tertiary/aromatic N) is 2. The van der Waals surface area contributed by atoms with Crippen LogP contribution in [0.5, 0.6) is 0 Å². The third-order valence-electron chi connectivity index (χ3n) is 3.90. The van der Waals surface area contributed by atoms with Crippen molar-refractivity contribution in [3.8, 4) is 0 Å². The zero-order valence-electron chi connectivity index (χ0n) is 11.3. The van der Waals surface area contributed by atoms with E-state index in [1.807, 2.05) is 0 Å². The second-order valence-corrected chi connectivity index (χ2v) is 7.52. The molecule has 5 nitrogen and oxygen atoms in total. The zero-order chi connectivity index (χ0) is 13.0. The fourth-order valence-corrected chi connectivity index (χ4v) is 3.87. The van der Waals surface area contributed by atoms with Gasteiger partial charge in [-0.3, -0.25) is 0 Å². The minimum atomic E-state index is -3.00. The molecule has 0 bridgehead atoms. The second kappa shape index (κ2) is 6.32. The zero-order valence-corrected chi connectivity index (χ0v) is 12.1. The van der Waals surface area contributed by atoms with Crippen molar-refractivity contribution in [3.63, 3.8) is 0 Å². The Balaban J connectivity index is 1.85. The van der Waals surface area contributed by atoms with E-state index in [0.29, 0.717) is 19.0 Å². The molecule has 2 rings (SSSR count). The molecule has 106 valence electrons. The lowest BCUT2D eigenvalue weighted by Gasteiger charge is -2.34. The third kappa shape index (κ3) is 4.19. The Morgan fingerprint density at radius 3 is 2.78 bits per heavy atom. The SMILES string of the molecule is CS(=O)(=O)N1CCCC(CN2CCCNCC2)C1. The van der Waals surface area contributed by atoms with Gasteiger partial charge in [-0.1, -0.05) is 0 Å². The summed E-state index contributed by atoms with van der Waals surface area (Å²) in [7, 11) is -3.00. The van der Waals surface area contributed by atoms with Crippen molar-refractivity contribution in [1.29, 1.82) is 0 Å². The molecule has 18 heavy (non-hydrogen) atoms. The molecule has 2 heterocycles. The Kier molecular flexibility index (Phi) is 5.00. The number of sulfonamides is 1. The molecule has 1 unspecified atom stereocenters. The first kappa shape index (κ1) is 14.2. The maximum absolute atomic E-state index is 11.6. The molecule has 2 fully saturated rings. The van der Waals surface area contributed by atoms with E-state index in [2.05, 4.69) is 10.2 Å². The van der Waals surface area contributed by atoms with Crippen molar-refractivity contribution in [1.82, 2.24) is 14.5 Å². The smallest absolute Gasteiger partial charge is 0.211 e. The minimum Gasteiger partial charge on any atom is -0.315 e. The summed E-state index contributed by atoms with van der Waals surface area (Å²) in [6.07, 6.45) is 4.69. The van der Waals surface area contributed by atoms with Gasteiger partial charge in [0, 0.05) is 32.7 Å². The molecule has 0 aliphatic carbocycles. The van der Waals surface area contributed by atoms with Crippen molar-refractivity contribution in [3.05, 3.63) is 0 Å². The van der Waals surface area contributed by atoms with Crippen LogP contribution in [0.2, 0.25) is 0 Å². The van der Waals surface area contributed by atoms with Crippen LogP contribution in [0.1, 0.15) is 19.3 Å². The standard InChI is InChI=1S/C12H25N3O2S/c1-18(16,17)15-8-2-4-12(11-15)10-14-7-3-5-13-6-9-14/h12-13H,2-11H2,1H3. The second-order valence-electron chi connectivity index (χ2n) is 5.53. The lowest BCUT2D eigenvalue weighted by molar-refractivity contribution is 0.185. The highest BCUT2D eigenvalue weighted by Crippen LogP contribution is 2.19. The summed E-state index contributed by atoms with van der Waals surface area (Å²) in [6.45, 7) is 6.87. The lowest BCUT2D eigenvalue weighted by atomic mass is 9.99. The lowest BCUT2D eigenvalue weighted by Crippen LogP contribution is -2.43. The van der Waals surface area contributed by atoms with E-state index in [-0.39, 0.29) is 0 Å². The Morgan fingerprint density at radius 2 is 2.00 bits per heavy atom. The molecule has 0 aromatic rings. The molecule has 0 amide bonds. The molecule has 0 radical (unpaired) electrons. The fraction of sp³-hybridized carbons (Fsp3) is 1.00. The van der Waals surface area contributed by atoms with E-state index < -0.39 is 10.0 Å². The van der Waals surface area contributed by atoms with Gasteiger partial charge < -0.3 is 10.2 Å². The Labute approximate surface area is 111 Å². The summed E-state index contributed by atoms with van der Waals surface area (Å²) in [4.78, 5) is 2.48. The molecule has 0 aromatic carbocycles. The van der Waals surface area contributed by atoms with Crippen LogP contribution in [-0.4, -0.2) is 69.7 Å². The van der Waals surface area contributed by atoms with Crippen molar-refractivity contribution in [2.75, 3.05) is 52.1 Å². The van der Waals surface area contributed by atoms with Gasteiger partial charge >= 0.3 is 0 Å². The Hall–Kier alpha value is -0.170. The van der Waals surface area contributed by atoms with Crippen molar-refractivity contribution in [2.45, 2.75) is 19.3 Å². The summed E-state index contributed by atoms with van der Waals surface area (Å²) in [6, 6.07) is 0. The number of nitrogens with one attached hydrogen (secondary N) is 1. The molecule has 2 aliphatic heterocycles. The van der Waals surface area contributed by atoms with Crippen LogP contribution in [-0.2, 0) is 10.0 Å². The average molecular weight is 275 g/mol. The molecular weight excluding hydrogens is 250 g/mol.